The number of aliphatic carboxylic acids is 1. The van der Waals surface area contributed by atoms with Crippen LogP contribution < -0.4 is 0 Å². The normalized spacial score (nSPS) is 11.8. The molecule has 80 valence electrons. The zero-order chi connectivity index (χ0) is 11.3. The van der Waals surface area contributed by atoms with E-state index < -0.39 is 17.9 Å². The molecule has 4 heteroatoms. The maximum atomic E-state index is 11.4. The fourth-order valence-corrected chi connectivity index (χ4v) is 1.34. The fourth-order valence-electron chi connectivity index (χ4n) is 1.34. The molecule has 0 spiro atoms. The third-order valence-electron chi connectivity index (χ3n) is 2.07. The van der Waals surface area contributed by atoms with Crippen molar-refractivity contribution >= 4 is 11.9 Å². The summed E-state index contributed by atoms with van der Waals surface area (Å²) in [7, 11) is 1.25. The molecular weight excluding hydrogens is 196 g/mol. The molecule has 0 saturated carbocycles. The van der Waals surface area contributed by atoms with Gasteiger partial charge >= 0.3 is 11.9 Å². The third kappa shape index (κ3) is 3.09. The summed E-state index contributed by atoms with van der Waals surface area (Å²) >= 11 is 0. The first-order valence-corrected chi connectivity index (χ1v) is 4.49. The summed E-state index contributed by atoms with van der Waals surface area (Å²) in [5.41, 5.74) is 0.659. The Morgan fingerprint density at radius 3 is 2.40 bits per heavy atom. The molecule has 1 aromatic rings. The van der Waals surface area contributed by atoms with Gasteiger partial charge in [0.2, 0.25) is 0 Å². The Morgan fingerprint density at radius 1 is 1.33 bits per heavy atom. The zero-order valence-corrected chi connectivity index (χ0v) is 8.34. The van der Waals surface area contributed by atoms with E-state index in [0.717, 1.165) is 0 Å². The minimum atomic E-state index is -1.02. The molecule has 0 bridgehead atoms. The zero-order valence-electron chi connectivity index (χ0n) is 8.34. The van der Waals surface area contributed by atoms with Crippen molar-refractivity contribution in [1.29, 1.82) is 0 Å². The molecule has 0 aliphatic rings. The number of methoxy groups -OCH3 is 1. The monoisotopic (exact) mass is 208 g/mol. The molecule has 15 heavy (non-hydrogen) atoms. The highest BCUT2D eigenvalue weighted by Crippen LogP contribution is 2.20. The molecule has 0 heterocycles. The minimum absolute atomic E-state index is 0.253. The minimum Gasteiger partial charge on any atom is -0.481 e. The molecule has 1 atom stereocenters. The lowest BCUT2D eigenvalue weighted by molar-refractivity contribution is -0.147. The maximum absolute atomic E-state index is 11.4. The number of hydrogen-bond acceptors (Lipinski definition) is 3. The average Bonchev–Trinajstić information content (AvgIpc) is 2.26. The summed E-state index contributed by atoms with van der Waals surface area (Å²) in [5.74, 6) is -2.27. The number of carbonyl (C=O) groups excluding carboxylic acids is 1. The Bertz CT molecular complexity index is 345. The molecule has 0 amide bonds. The van der Waals surface area contributed by atoms with E-state index >= 15 is 0 Å². The number of hydrogen-bond donors (Lipinski definition) is 1. The Morgan fingerprint density at radius 2 is 1.93 bits per heavy atom. The van der Waals surface area contributed by atoms with Crippen LogP contribution in [0, 0.1) is 0 Å². The average molecular weight is 208 g/mol. The number of carboxylic acids is 1. The Kier molecular flexibility index (Phi) is 3.85. The van der Waals surface area contributed by atoms with E-state index in [4.69, 9.17) is 5.11 Å². The molecule has 0 unspecified atom stereocenters. The molecular formula is C11H12O4. The van der Waals surface area contributed by atoms with Gasteiger partial charge < -0.3 is 9.84 Å². The van der Waals surface area contributed by atoms with Crippen LogP contribution in [0.4, 0.5) is 0 Å². The van der Waals surface area contributed by atoms with Gasteiger partial charge in [0.05, 0.1) is 19.4 Å². The van der Waals surface area contributed by atoms with Crippen LogP contribution in [0.5, 0.6) is 0 Å². The van der Waals surface area contributed by atoms with Gasteiger partial charge in [0, 0.05) is 0 Å². The van der Waals surface area contributed by atoms with Gasteiger partial charge in [0.1, 0.15) is 0 Å². The number of ether oxygens (including phenoxy) is 1. The van der Waals surface area contributed by atoms with E-state index in [1.54, 1.807) is 30.3 Å². The van der Waals surface area contributed by atoms with E-state index in [1.165, 1.54) is 7.11 Å². The highest BCUT2D eigenvalue weighted by atomic mass is 16.5. The Labute approximate surface area is 87.5 Å². The number of carbonyl (C=O) groups is 2. The molecule has 0 radical (unpaired) electrons. The number of esters is 1. The molecule has 0 fully saturated rings. The van der Waals surface area contributed by atoms with Crippen molar-refractivity contribution in [3.05, 3.63) is 35.9 Å². The molecule has 4 nitrogen and oxygen atoms in total. The second-order valence-electron chi connectivity index (χ2n) is 3.08. The van der Waals surface area contributed by atoms with Crippen molar-refractivity contribution in [3.8, 4) is 0 Å². The number of benzene rings is 1. The standard InChI is InChI=1S/C11H12O4/c1-15-11(14)9(7-10(12)13)8-5-3-2-4-6-8/h2-6,9H,7H2,1H3,(H,12,13)/t9-/m1/s1. The third-order valence-corrected chi connectivity index (χ3v) is 2.07. The molecule has 1 rings (SSSR count). The van der Waals surface area contributed by atoms with E-state index in [9.17, 15) is 9.59 Å². The summed E-state index contributed by atoms with van der Waals surface area (Å²) in [6.07, 6.45) is -0.253. The van der Waals surface area contributed by atoms with Crippen LogP contribution in [0.15, 0.2) is 30.3 Å². The SMILES string of the molecule is COC(=O)[C@H](CC(=O)O)c1ccccc1. The van der Waals surface area contributed by atoms with E-state index in [-0.39, 0.29) is 6.42 Å². The first-order valence-electron chi connectivity index (χ1n) is 4.49. The smallest absolute Gasteiger partial charge is 0.313 e. The largest absolute Gasteiger partial charge is 0.481 e. The molecule has 0 saturated heterocycles. The lowest BCUT2D eigenvalue weighted by Crippen LogP contribution is -2.17. The molecule has 0 aromatic heterocycles. The van der Waals surface area contributed by atoms with E-state index in [1.807, 2.05) is 0 Å². The van der Waals surface area contributed by atoms with Crippen LogP contribution in [-0.4, -0.2) is 24.2 Å². The van der Waals surface area contributed by atoms with Crippen LogP contribution in [0.2, 0.25) is 0 Å². The van der Waals surface area contributed by atoms with Crippen molar-refractivity contribution in [2.24, 2.45) is 0 Å². The van der Waals surface area contributed by atoms with Crippen LogP contribution in [0.1, 0.15) is 17.9 Å². The summed E-state index contributed by atoms with van der Waals surface area (Å²) in [6, 6.07) is 8.74. The van der Waals surface area contributed by atoms with Crippen molar-refractivity contribution in [2.75, 3.05) is 7.11 Å². The fraction of sp³-hybridized carbons (Fsp3) is 0.273. The molecule has 0 aliphatic carbocycles. The lowest BCUT2D eigenvalue weighted by atomic mass is 9.96. The predicted octanol–water partition coefficient (Wildman–Crippen LogP) is 1.42. The summed E-state index contributed by atoms with van der Waals surface area (Å²) in [5, 5.41) is 8.68. The highest BCUT2D eigenvalue weighted by molar-refractivity contribution is 5.83. The second kappa shape index (κ2) is 5.14. The first kappa shape index (κ1) is 11.2. The number of rotatable bonds is 4. The van der Waals surface area contributed by atoms with E-state index in [2.05, 4.69) is 4.74 Å². The van der Waals surface area contributed by atoms with Crippen molar-refractivity contribution in [1.82, 2.24) is 0 Å². The highest BCUT2D eigenvalue weighted by Gasteiger charge is 2.23. The molecule has 0 aliphatic heterocycles. The van der Waals surface area contributed by atoms with Gasteiger partial charge in [0.15, 0.2) is 0 Å². The first-order chi connectivity index (χ1) is 7.15. The van der Waals surface area contributed by atoms with Crippen molar-refractivity contribution < 1.29 is 19.4 Å². The van der Waals surface area contributed by atoms with Crippen LogP contribution >= 0.6 is 0 Å². The van der Waals surface area contributed by atoms with Gasteiger partial charge in [-0.1, -0.05) is 30.3 Å². The quantitative estimate of drug-likeness (QED) is 0.760. The Balaban J connectivity index is 2.91. The van der Waals surface area contributed by atoms with Gasteiger partial charge in [-0.15, -0.1) is 0 Å². The second-order valence-corrected chi connectivity index (χ2v) is 3.08. The lowest BCUT2D eigenvalue weighted by Gasteiger charge is -2.12. The summed E-state index contributed by atoms with van der Waals surface area (Å²) in [6.45, 7) is 0. The van der Waals surface area contributed by atoms with E-state index in [0.29, 0.717) is 5.56 Å². The van der Waals surface area contributed by atoms with Crippen LogP contribution in [0.3, 0.4) is 0 Å². The Hall–Kier alpha value is -1.84. The van der Waals surface area contributed by atoms with Gasteiger partial charge in [-0.2, -0.15) is 0 Å². The van der Waals surface area contributed by atoms with Gasteiger partial charge in [-0.25, -0.2) is 0 Å². The topological polar surface area (TPSA) is 63.6 Å². The number of carboxylic acid groups (broad SMARTS) is 1. The van der Waals surface area contributed by atoms with Crippen molar-refractivity contribution in [3.63, 3.8) is 0 Å². The maximum Gasteiger partial charge on any atom is 0.313 e. The van der Waals surface area contributed by atoms with Crippen LogP contribution in [0.25, 0.3) is 0 Å². The summed E-state index contributed by atoms with van der Waals surface area (Å²) in [4.78, 5) is 22.0. The van der Waals surface area contributed by atoms with Gasteiger partial charge in [0.25, 0.3) is 0 Å². The van der Waals surface area contributed by atoms with Crippen LogP contribution in [-0.2, 0) is 14.3 Å². The summed E-state index contributed by atoms with van der Waals surface area (Å²) < 4.78 is 4.57. The van der Waals surface area contributed by atoms with Crippen molar-refractivity contribution in [2.45, 2.75) is 12.3 Å². The van der Waals surface area contributed by atoms with Gasteiger partial charge in [-0.3, -0.25) is 9.59 Å². The molecule has 1 N–H and O–H groups in total. The molecule has 1 aromatic carbocycles. The predicted molar refractivity (Wildman–Crippen MR) is 53.5 cm³/mol. The van der Waals surface area contributed by atoms with Gasteiger partial charge in [-0.05, 0) is 5.56 Å².